The number of thiocarbonyl (C=S) groups is 1. The van der Waals surface area contributed by atoms with Gasteiger partial charge >= 0.3 is 0 Å². The van der Waals surface area contributed by atoms with Crippen LogP contribution in [0.5, 0.6) is 0 Å². The van der Waals surface area contributed by atoms with Crippen LogP contribution in [0.25, 0.3) is 0 Å². The lowest BCUT2D eigenvalue weighted by Gasteiger charge is -2.20. The van der Waals surface area contributed by atoms with Crippen LogP contribution in [0.2, 0.25) is 0 Å². The van der Waals surface area contributed by atoms with Crippen molar-refractivity contribution in [3.63, 3.8) is 0 Å². The molecule has 0 bridgehead atoms. The Kier molecular flexibility index (Phi) is 5.17. The second-order valence-corrected chi connectivity index (χ2v) is 5.97. The van der Waals surface area contributed by atoms with Crippen molar-refractivity contribution in [2.45, 2.75) is 46.1 Å². The first-order valence-electron chi connectivity index (χ1n) is 7.49. The quantitative estimate of drug-likeness (QED) is 0.839. The van der Waals surface area contributed by atoms with E-state index < -0.39 is 0 Å². The average molecular weight is 305 g/mol. The van der Waals surface area contributed by atoms with E-state index in [2.05, 4.69) is 24.5 Å². The first-order valence-corrected chi connectivity index (χ1v) is 7.90. The molecule has 1 amide bonds. The number of hydrogen-bond donors (Lipinski definition) is 2. The van der Waals surface area contributed by atoms with E-state index >= 15 is 0 Å². The molecule has 4 nitrogen and oxygen atoms in total. The van der Waals surface area contributed by atoms with Crippen molar-refractivity contribution in [1.82, 2.24) is 5.32 Å². The number of amides is 1. The SMILES string of the molecule is CC[C@@H](C)NC(=S)Nc1ccc(N2CCCC2=O)c(C)c1. The number of benzene rings is 1. The Morgan fingerprint density at radius 2 is 2.24 bits per heavy atom. The molecule has 1 aliphatic heterocycles. The minimum Gasteiger partial charge on any atom is -0.360 e. The molecule has 114 valence electrons. The van der Waals surface area contributed by atoms with Gasteiger partial charge in [-0.3, -0.25) is 4.79 Å². The zero-order chi connectivity index (χ0) is 15.4. The number of hydrogen-bond acceptors (Lipinski definition) is 2. The van der Waals surface area contributed by atoms with Crippen LogP contribution in [0.15, 0.2) is 18.2 Å². The highest BCUT2D eigenvalue weighted by Gasteiger charge is 2.22. The smallest absolute Gasteiger partial charge is 0.227 e. The molecule has 0 spiro atoms. The highest BCUT2D eigenvalue weighted by Crippen LogP contribution is 2.27. The highest BCUT2D eigenvalue weighted by molar-refractivity contribution is 7.80. The molecule has 0 radical (unpaired) electrons. The Labute approximate surface area is 131 Å². The molecule has 1 saturated heterocycles. The summed E-state index contributed by atoms with van der Waals surface area (Å²) in [5.74, 6) is 0.216. The molecular weight excluding hydrogens is 282 g/mol. The third kappa shape index (κ3) is 3.94. The lowest BCUT2D eigenvalue weighted by Crippen LogP contribution is -2.35. The third-order valence-electron chi connectivity index (χ3n) is 3.81. The van der Waals surface area contributed by atoms with Gasteiger partial charge in [-0.2, -0.15) is 0 Å². The maximum Gasteiger partial charge on any atom is 0.227 e. The van der Waals surface area contributed by atoms with Crippen molar-refractivity contribution in [3.05, 3.63) is 23.8 Å². The van der Waals surface area contributed by atoms with E-state index in [9.17, 15) is 4.79 Å². The van der Waals surface area contributed by atoms with E-state index in [1.54, 1.807) is 0 Å². The van der Waals surface area contributed by atoms with Gasteiger partial charge in [-0.15, -0.1) is 0 Å². The van der Waals surface area contributed by atoms with E-state index in [-0.39, 0.29) is 5.91 Å². The van der Waals surface area contributed by atoms with Crippen LogP contribution in [0.3, 0.4) is 0 Å². The zero-order valence-electron chi connectivity index (χ0n) is 12.9. The molecular formula is C16H23N3OS. The Balaban J connectivity index is 2.05. The van der Waals surface area contributed by atoms with Gasteiger partial charge in [0.25, 0.3) is 0 Å². The van der Waals surface area contributed by atoms with Gasteiger partial charge in [-0.1, -0.05) is 6.92 Å². The summed E-state index contributed by atoms with van der Waals surface area (Å²) in [6.45, 7) is 7.06. The fourth-order valence-corrected chi connectivity index (χ4v) is 2.75. The maximum absolute atomic E-state index is 11.8. The third-order valence-corrected chi connectivity index (χ3v) is 4.03. The van der Waals surface area contributed by atoms with Gasteiger partial charge in [0.15, 0.2) is 5.11 Å². The Morgan fingerprint density at radius 1 is 1.48 bits per heavy atom. The van der Waals surface area contributed by atoms with Crippen LogP contribution >= 0.6 is 12.2 Å². The zero-order valence-corrected chi connectivity index (χ0v) is 13.7. The summed E-state index contributed by atoms with van der Waals surface area (Å²) in [5.41, 5.74) is 3.04. The number of rotatable bonds is 4. The molecule has 0 saturated carbocycles. The van der Waals surface area contributed by atoms with Crippen LogP contribution in [-0.2, 0) is 4.79 Å². The van der Waals surface area contributed by atoms with Gasteiger partial charge < -0.3 is 15.5 Å². The molecule has 1 fully saturated rings. The fourth-order valence-electron chi connectivity index (χ4n) is 2.43. The normalized spacial score (nSPS) is 16.0. The lowest BCUT2D eigenvalue weighted by atomic mass is 10.1. The Morgan fingerprint density at radius 3 is 2.81 bits per heavy atom. The van der Waals surface area contributed by atoms with Crippen LogP contribution in [0.1, 0.15) is 38.7 Å². The topological polar surface area (TPSA) is 44.4 Å². The largest absolute Gasteiger partial charge is 0.360 e. The monoisotopic (exact) mass is 305 g/mol. The molecule has 2 rings (SSSR count). The number of nitrogens with zero attached hydrogens (tertiary/aromatic N) is 1. The van der Waals surface area contributed by atoms with Crippen molar-refractivity contribution < 1.29 is 4.79 Å². The summed E-state index contributed by atoms with van der Waals surface area (Å²) in [6, 6.07) is 6.35. The second kappa shape index (κ2) is 6.89. The summed E-state index contributed by atoms with van der Waals surface area (Å²) in [7, 11) is 0. The summed E-state index contributed by atoms with van der Waals surface area (Å²) in [4.78, 5) is 13.7. The van der Waals surface area contributed by atoms with Crippen molar-refractivity contribution in [2.24, 2.45) is 0 Å². The summed E-state index contributed by atoms with van der Waals surface area (Å²) in [5, 5.41) is 7.06. The summed E-state index contributed by atoms with van der Waals surface area (Å²) >= 11 is 5.29. The molecule has 1 aromatic rings. The Hall–Kier alpha value is -1.62. The second-order valence-electron chi connectivity index (χ2n) is 5.56. The minimum absolute atomic E-state index is 0.216. The number of nitrogens with one attached hydrogen (secondary N) is 2. The number of carbonyl (C=O) groups excluding carboxylic acids is 1. The van der Waals surface area contributed by atoms with Crippen LogP contribution in [0.4, 0.5) is 11.4 Å². The van der Waals surface area contributed by atoms with E-state index in [1.807, 2.05) is 30.0 Å². The van der Waals surface area contributed by atoms with E-state index in [4.69, 9.17) is 12.2 Å². The van der Waals surface area contributed by atoms with Crippen LogP contribution < -0.4 is 15.5 Å². The van der Waals surface area contributed by atoms with Crippen molar-refractivity contribution >= 4 is 34.6 Å². The molecule has 1 aromatic carbocycles. The first kappa shape index (κ1) is 15.8. The number of carbonyl (C=O) groups is 1. The molecule has 1 atom stereocenters. The highest BCUT2D eigenvalue weighted by atomic mass is 32.1. The van der Waals surface area contributed by atoms with Crippen LogP contribution in [-0.4, -0.2) is 23.6 Å². The molecule has 1 heterocycles. The maximum atomic E-state index is 11.8. The van der Waals surface area contributed by atoms with Crippen LogP contribution in [0, 0.1) is 6.92 Å². The summed E-state index contributed by atoms with van der Waals surface area (Å²) in [6.07, 6.45) is 2.63. The molecule has 1 aliphatic rings. The molecule has 2 N–H and O–H groups in total. The first-order chi connectivity index (χ1) is 10.0. The van der Waals surface area contributed by atoms with Crippen molar-refractivity contribution in [3.8, 4) is 0 Å². The Bertz CT molecular complexity index is 544. The van der Waals surface area contributed by atoms with Gasteiger partial charge in [-0.05, 0) is 62.7 Å². The predicted molar refractivity (Wildman–Crippen MR) is 91.9 cm³/mol. The lowest BCUT2D eigenvalue weighted by molar-refractivity contribution is -0.117. The summed E-state index contributed by atoms with van der Waals surface area (Å²) < 4.78 is 0. The standard InChI is InChI=1S/C16H23N3OS/c1-4-12(3)17-16(21)18-13-7-8-14(11(2)10-13)19-9-5-6-15(19)20/h7-8,10,12H,4-6,9H2,1-3H3,(H2,17,18,21)/t12-/m1/s1. The molecule has 0 aliphatic carbocycles. The van der Waals surface area contributed by atoms with Crippen molar-refractivity contribution in [2.75, 3.05) is 16.8 Å². The number of anilines is 2. The predicted octanol–water partition coefficient (Wildman–Crippen LogP) is 3.21. The molecule has 21 heavy (non-hydrogen) atoms. The van der Waals surface area contributed by atoms with Gasteiger partial charge in [0.1, 0.15) is 0 Å². The van der Waals surface area contributed by atoms with Gasteiger partial charge in [0.05, 0.1) is 0 Å². The van der Waals surface area contributed by atoms with Gasteiger partial charge in [-0.25, -0.2) is 0 Å². The van der Waals surface area contributed by atoms with E-state index in [0.717, 1.165) is 36.3 Å². The average Bonchev–Trinajstić information content (AvgIpc) is 2.84. The molecule has 0 aromatic heterocycles. The fraction of sp³-hybridized carbons (Fsp3) is 0.500. The minimum atomic E-state index is 0.216. The van der Waals surface area contributed by atoms with E-state index in [1.165, 1.54) is 0 Å². The molecule has 0 unspecified atom stereocenters. The van der Waals surface area contributed by atoms with Gasteiger partial charge in [0.2, 0.25) is 5.91 Å². The number of aryl methyl sites for hydroxylation is 1. The van der Waals surface area contributed by atoms with E-state index in [0.29, 0.717) is 17.6 Å². The molecule has 5 heteroatoms. The van der Waals surface area contributed by atoms with Gasteiger partial charge in [0, 0.05) is 30.4 Å². The van der Waals surface area contributed by atoms with Crippen molar-refractivity contribution in [1.29, 1.82) is 0 Å².